The normalized spacial score (nSPS) is 12.7. The highest BCUT2D eigenvalue weighted by Crippen LogP contribution is 2.29. The number of nitrogens with zero attached hydrogens (tertiary/aromatic N) is 1. The van der Waals surface area contributed by atoms with Crippen molar-refractivity contribution in [3.63, 3.8) is 0 Å². The summed E-state index contributed by atoms with van der Waals surface area (Å²) < 4.78 is 39.3. The molecule has 0 aliphatic rings. The molecule has 8 nitrogen and oxygen atoms in total. The second-order valence-electron chi connectivity index (χ2n) is 9.63. The molecule has 1 heterocycles. The lowest BCUT2D eigenvalue weighted by Crippen LogP contribution is -2.40. The fourth-order valence-corrected chi connectivity index (χ4v) is 4.63. The molecule has 0 fully saturated rings. The van der Waals surface area contributed by atoms with Gasteiger partial charge in [0.2, 0.25) is 15.9 Å². The summed E-state index contributed by atoms with van der Waals surface area (Å²) in [5, 5.41) is 2.79. The van der Waals surface area contributed by atoms with Crippen molar-refractivity contribution in [1.82, 2.24) is 9.71 Å². The zero-order valence-corrected chi connectivity index (χ0v) is 20.2. The summed E-state index contributed by atoms with van der Waals surface area (Å²) in [5.41, 5.74) is 1.01. The Morgan fingerprint density at radius 2 is 1.72 bits per heavy atom. The molecule has 9 heteroatoms. The zero-order valence-electron chi connectivity index (χ0n) is 19.4. The standard InChI is InChI=1S/C23H29N3O5S/c1-22(2,3)21-25-16-13-15(9-11-17(16)31-21)24-20(27)14-8-10-18(30-7)19(12-14)32(28,29)26-23(4,5)6/h8-13,26H,1-7H3,(H,24,27). The maximum absolute atomic E-state index is 12.9. The zero-order chi connectivity index (χ0) is 23.9. The third-order valence-corrected chi connectivity index (χ3v) is 6.22. The predicted molar refractivity (Wildman–Crippen MR) is 124 cm³/mol. The number of fused-ring (bicyclic) bond motifs is 1. The number of sulfonamides is 1. The van der Waals surface area contributed by atoms with Gasteiger partial charge in [0.05, 0.1) is 7.11 Å². The van der Waals surface area contributed by atoms with E-state index in [2.05, 4.69) is 15.0 Å². The number of rotatable bonds is 5. The Hall–Kier alpha value is -2.91. The van der Waals surface area contributed by atoms with Crippen molar-refractivity contribution in [1.29, 1.82) is 0 Å². The second kappa shape index (κ2) is 8.22. The fourth-order valence-electron chi connectivity index (χ4n) is 3.02. The summed E-state index contributed by atoms with van der Waals surface area (Å²) in [6, 6.07) is 9.44. The molecule has 2 aromatic carbocycles. The summed E-state index contributed by atoms with van der Waals surface area (Å²) >= 11 is 0. The van der Waals surface area contributed by atoms with Gasteiger partial charge in [-0.15, -0.1) is 0 Å². The minimum absolute atomic E-state index is 0.107. The van der Waals surface area contributed by atoms with Crippen LogP contribution in [0.1, 0.15) is 57.8 Å². The number of methoxy groups -OCH3 is 1. The van der Waals surface area contributed by atoms with Gasteiger partial charge in [-0.25, -0.2) is 18.1 Å². The van der Waals surface area contributed by atoms with Crippen LogP contribution in [0.3, 0.4) is 0 Å². The molecule has 3 aromatic rings. The van der Waals surface area contributed by atoms with Crippen LogP contribution in [-0.2, 0) is 15.4 Å². The molecule has 1 aromatic heterocycles. The number of hydrogen-bond donors (Lipinski definition) is 2. The number of nitrogens with one attached hydrogen (secondary N) is 2. The van der Waals surface area contributed by atoms with E-state index in [0.717, 1.165) is 0 Å². The molecule has 2 N–H and O–H groups in total. The summed E-state index contributed by atoms with van der Waals surface area (Å²) in [6.07, 6.45) is 0. The van der Waals surface area contributed by atoms with Crippen LogP contribution in [0.4, 0.5) is 5.69 Å². The van der Waals surface area contributed by atoms with E-state index >= 15 is 0 Å². The monoisotopic (exact) mass is 459 g/mol. The van der Waals surface area contributed by atoms with E-state index in [-0.39, 0.29) is 21.6 Å². The first-order valence-corrected chi connectivity index (χ1v) is 11.6. The Morgan fingerprint density at radius 3 is 2.31 bits per heavy atom. The molecule has 0 unspecified atom stereocenters. The lowest BCUT2D eigenvalue weighted by atomic mass is 9.97. The van der Waals surface area contributed by atoms with Crippen molar-refractivity contribution in [3.8, 4) is 5.75 Å². The molecule has 0 saturated heterocycles. The number of amides is 1. The molecule has 0 radical (unpaired) electrons. The van der Waals surface area contributed by atoms with Gasteiger partial charge >= 0.3 is 0 Å². The van der Waals surface area contributed by atoms with Gasteiger partial charge in [0, 0.05) is 22.2 Å². The molecule has 0 bridgehead atoms. The first-order chi connectivity index (χ1) is 14.7. The van der Waals surface area contributed by atoms with Crippen molar-refractivity contribution < 1.29 is 22.4 Å². The molecular weight excluding hydrogens is 430 g/mol. The highest BCUT2D eigenvalue weighted by Gasteiger charge is 2.26. The van der Waals surface area contributed by atoms with Gasteiger partial charge < -0.3 is 14.5 Å². The number of aromatic nitrogens is 1. The van der Waals surface area contributed by atoms with Crippen LogP contribution in [0, 0.1) is 0 Å². The Balaban J connectivity index is 1.91. The first-order valence-electron chi connectivity index (χ1n) is 10.1. The highest BCUT2D eigenvalue weighted by molar-refractivity contribution is 7.89. The number of anilines is 1. The Kier molecular flexibility index (Phi) is 6.10. The van der Waals surface area contributed by atoms with Crippen LogP contribution in [0.15, 0.2) is 45.7 Å². The highest BCUT2D eigenvalue weighted by atomic mass is 32.2. The predicted octanol–water partition coefficient (Wildman–Crippen LogP) is 4.46. The molecule has 3 rings (SSSR count). The maximum atomic E-state index is 12.9. The number of benzene rings is 2. The van der Waals surface area contributed by atoms with E-state index in [1.165, 1.54) is 25.3 Å². The summed E-state index contributed by atoms with van der Waals surface area (Å²) in [5.74, 6) is 0.295. The van der Waals surface area contributed by atoms with Crippen molar-refractivity contribution >= 4 is 32.7 Å². The van der Waals surface area contributed by atoms with Gasteiger partial charge in [-0.3, -0.25) is 4.79 Å². The average molecular weight is 460 g/mol. The van der Waals surface area contributed by atoms with Gasteiger partial charge in [-0.2, -0.15) is 0 Å². The summed E-state index contributed by atoms with van der Waals surface area (Å²) in [4.78, 5) is 17.3. The number of carbonyl (C=O) groups excluding carboxylic acids is 1. The molecule has 0 aliphatic carbocycles. The molecule has 172 valence electrons. The van der Waals surface area contributed by atoms with E-state index in [1.54, 1.807) is 39.0 Å². The summed E-state index contributed by atoms with van der Waals surface area (Å²) in [6.45, 7) is 11.2. The molecule has 32 heavy (non-hydrogen) atoms. The van der Waals surface area contributed by atoms with E-state index < -0.39 is 21.5 Å². The summed E-state index contributed by atoms with van der Waals surface area (Å²) in [7, 11) is -2.53. The van der Waals surface area contributed by atoms with Gasteiger partial charge in [0.1, 0.15) is 16.2 Å². The Bertz CT molecular complexity index is 1270. The van der Waals surface area contributed by atoms with Gasteiger partial charge in [0.25, 0.3) is 5.91 Å². The van der Waals surface area contributed by atoms with Crippen molar-refractivity contribution in [2.24, 2.45) is 0 Å². The van der Waals surface area contributed by atoms with E-state index in [4.69, 9.17) is 9.15 Å². The maximum Gasteiger partial charge on any atom is 0.255 e. The fraction of sp³-hybridized carbons (Fsp3) is 0.391. The molecule has 0 aliphatic heterocycles. The van der Waals surface area contributed by atoms with E-state index in [0.29, 0.717) is 22.7 Å². The van der Waals surface area contributed by atoms with E-state index in [9.17, 15) is 13.2 Å². The van der Waals surface area contributed by atoms with Gasteiger partial charge in [-0.05, 0) is 57.2 Å². The lowest BCUT2D eigenvalue weighted by molar-refractivity contribution is 0.102. The minimum atomic E-state index is -3.91. The number of carbonyl (C=O) groups is 1. The SMILES string of the molecule is COc1ccc(C(=O)Nc2ccc3oc(C(C)(C)C)nc3c2)cc1S(=O)(=O)NC(C)(C)C. The van der Waals surface area contributed by atoms with E-state index in [1.807, 2.05) is 20.8 Å². The van der Waals surface area contributed by atoms with Crippen molar-refractivity contribution in [3.05, 3.63) is 47.9 Å². The molecule has 0 saturated carbocycles. The van der Waals surface area contributed by atoms with Gasteiger partial charge in [-0.1, -0.05) is 20.8 Å². The van der Waals surface area contributed by atoms with Crippen LogP contribution in [0.2, 0.25) is 0 Å². The quantitative estimate of drug-likeness (QED) is 0.583. The lowest BCUT2D eigenvalue weighted by Gasteiger charge is -2.21. The average Bonchev–Trinajstić information content (AvgIpc) is 3.09. The van der Waals surface area contributed by atoms with Crippen LogP contribution in [-0.4, -0.2) is 32.0 Å². The topological polar surface area (TPSA) is 111 Å². The molecule has 0 spiro atoms. The van der Waals surface area contributed by atoms with Crippen molar-refractivity contribution in [2.75, 3.05) is 12.4 Å². The molecule has 0 atom stereocenters. The van der Waals surface area contributed by atoms with Gasteiger partial charge in [0.15, 0.2) is 5.58 Å². The second-order valence-corrected chi connectivity index (χ2v) is 11.3. The van der Waals surface area contributed by atoms with Crippen LogP contribution in [0.5, 0.6) is 5.75 Å². The first kappa shape index (κ1) is 23.7. The Morgan fingerprint density at radius 1 is 1.03 bits per heavy atom. The van der Waals surface area contributed by atoms with Crippen molar-refractivity contribution in [2.45, 2.75) is 57.4 Å². The minimum Gasteiger partial charge on any atom is -0.495 e. The third kappa shape index (κ3) is 5.28. The number of oxazole rings is 1. The van der Waals surface area contributed by atoms with Crippen LogP contribution >= 0.6 is 0 Å². The molecule has 1 amide bonds. The largest absolute Gasteiger partial charge is 0.495 e. The van der Waals surface area contributed by atoms with Crippen LogP contribution < -0.4 is 14.8 Å². The smallest absolute Gasteiger partial charge is 0.255 e. The Labute approximate surface area is 188 Å². The molecular formula is C23H29N3O5S. The number of hydrogen-bond acceptors (Lipinski definition) is 6. The number of ether oxygens (including phenoxy) is 1. The third-order valence-electron chi connectivity index (χ3n) is 4.44. The van der Waals surface area contributed by atoms with Crippen LogP contribution in [0.25, 0.3) is 11.1 Å².